The van der Waals surface area contributed by atoms with Gasteiger partial charge < -0.3 is 4.98 Å². The number of aromatic amines is 2. The lowest BCUT2D eigenvalue weighted by Crippen LogP contribution is -2.42. The highest BCUT2D eigenvalue weighted by atomic mass is 32.2. The number of rotatable bonds is 2. The number of sulfonamides is 1. The molecule has 0 saturated carbocycles. The van der Waals surface area contributed by atoms with E-state index in [4.69, 9.17) is 0 Å². The maximum atomic E-state index is 13.0. The number of hydrogen-bond acceptors (Lipinski definition) is 5. The van der Waals surface area contributed by atoms with Crippen LogP contribution in [-0.4, -0.2) is 30.2 Å². The van der Waals surface area contributed by atoms with Gasteiger partial charge in [-0.3, -0.25) is 14.1 Å². The van der Waals surface area contributed by atoms with E-state index in [-0.39, 0.29) is 17.5 Å². The normalized spacial score (nSPS) is 17.8. The Balaban J connectivity index is 2.23. The van der Waals surface area contributed by atoms with E-state index < -0.39 is 26.2 Å². The van der Waals surface area contributed by atoms with Gasteiger partial charge in [-0.1, -0.05) is 19.1 Å². The first kappa shape index (κ1) is 15.9. The molecule has 0 bridgehead atoms. The number of anilines is 1. The molecule has 23 heavy (non-hydrogen) atoms. The van der Waals surface area contributed by atoms with Gasteiger partial charge in [0, 0.05) is 22.4 Å². The maximum absolute atomic E-state index is 13.0. The minimum absolute atomic E-state index is 0.0297. The molecule has 7 nitrogen and oxygen atoms in total. The number of nitrogens with one attached hydrogen (secondary N) is 2. The number of thioether (sulfide) groups is 1. The summed E-state index contributed by atoms with van der Waals surface area (Å²) in [4.78, 5) is 28.1. The topological polar surface area (TPSA) is 103 Å². The molecule has 1 aliphatic heterocycles. The molecule has 1 aromatic heterocycles. The van der Waals surface area contributed by atoms with Crippen LogP contribution in [0, 0.1) is 6.92 Å². The second kappa shape index (κ2) is 5.57. The van der Waals surface area contributed by atoms with Crippen LogP contribution in [0.5, 0.6) is 0 Å². The molecule has 0 amide bonds. The fourth-order valence-corrected chi connectivity index (χ4v) is 5.63. The molecule has 1 aromatic carbocycles. The van der Waals surface area contributed by atoms with Gasteiger partial charge in [0.2, 0.25) is 0 Å². The highest BCUT2D eigenvalue weighted by molar-refractivity contribution is 8.00. The van der Waals surface area contributed by atoms with Crippen LogP contribution in [0.3, 0.4) is 0 Å². The molecule has 0 saturated heterocycles. The Labute approximate surface area is 136 Å². The summed E-state index contributed by atoms with van der Waals surface area (Å²) >= 11 is 1.59. The molecule has 0 fully saturated rings. The third-order valence-electron chi connectivity index (χ3n) is 3.51. The fourth-order valence-electron chi connectivity index (χ4n) is 2.59. The van der Waals surface area contributed by atoms with Crippen molar-refractivity contribution < 1.29 is 8.42 Å². The molecule has 1 aliphatic rings. The Kier molecular flexibility index (Phi) is 3.85. The Morgan fingerprint density at radius 1 is 1.22 bits per heavy atom. The van der Waals surface area contributed by atoms with Gasteiger partial charge in [-0.25, -0.2) is 13.2 Å². The molecule has 2 N–H and O–H groups in total. The fraction of sp³-hybridized carbons (Fsp3) is 0.286. The first-order valence-electron chi connectivity index (χ1n) is 6.92. The second-order valence-electron chi connectivity index (χ2n) is 5.29. The molecule has 1 atom stereocenters. The third kappa shape index (κ3) is 2.70. The zero-order chi connectivity index (χ0) is 16.8. The Morgan fingerprint density at radius 3 is 2.61 bits per heavy atom. The van der Waals surface area contributed by atoms with Gasteiger partial charge >= 0.3 is 5.69 Å². The van der Waals surface area contributed by atoms with Crippen molar-refractivity contribution >= 4 is 27.5 Å². The van der Waals surface area contributed by atoms with Crippen molar-refractivity contribution in [2.75, 3.05) is 10.8 Å². The van der Waals surface area contributed by atoms with Crippen molar-refractivity contribution in [3.8, 4) is 0 Å². The summed E-state index contributed by atoms with van der Waals surface area (Å²) in [6.45, 7) is 3.58. The largest absolute Gasteiger partial charge is 0.325 e. The van der Waals surface area contributed by atoms with Crippen molar-refractivity contribution in [2.24, 2.45) is 0 Å². The van der Waals surface area contributed by atoms with Crippen LogP contribution >= 0.6 is 11.8 Å². The molecule has 1 unspecified atom stereocenters. The first-order chi connectivity index (χ1) is 10.8. The second-order valence-corrected chi connectivity index (χ2v) is 8.57. The van der Waals surface area contributed by atoms with E-state index in [1.165, 1.54) is 11.2 Å². The lowest BCUT2D eigenvalue weighted by Gasteiger charge is -2.33. The zero-order valence-electron chi connectivity index (χ0n) is 12.5. The molecule has 2 aromatic rings. The molecule has 122 valence electrons. The highest BCUT2D eigenvalue weighted by Crippen LogP contribution is 2.40. The lowest BCUT2D eigenvalue weighted by molar-refractivity contribution is 0.586. The van der Waals surface area contributed by atoms with Gasteiger partial charge in [0.15, 0.2) is 4.90 Å². The van der Waals surface area contributed by atoms with Crippen LogP contribution < -0.4 is 15.6 Å². The van der Waals surface area contributed by atoms with E-state index in [0.29, 0.717) is 5.69 Å². The summed E-state index contributed by atoms with van der Waals surface area (Å²) in [6, 6.07) is 7.15. The molecular formula is C14H15N3O4S2. The summed E-state index contributed by atoms with van der Waals surface area (Å²) in [6.07, 6.45) is 0. The zero-order valence-corrected chi connectivity index (χ0v) is 14.1. The van der Waals surface area contributed by atoms with Gasteiger partial charge in [0.1, 0.15) is 0 Å². The number of H-pyrrole nitrogens is 2. The quantitative estimate of drug-likeness (QED) is 0.840. The number of nitrogens with zero attached hydrogens (tertiary/aromatic N) is 1. The third-order valence-corrected chi connectivity index (χ3v) is 6.59. The van der Waals surface area contributed by atoms with E-state index in [2.05, 4.69) is 4.98 Å². The van der Waals surface area contributed by atoms with Crippen molar-refractivity contribution in [1.82, 2.24) is 9.97 Å². The molecule has 3 rings (SSSR count). The predicted molar refractivity (Wildman–Crippen MR) is 88.7 cm³/mol. The van der Waals surface area contributed by atoms with Gasteiger partial charge in [0.25, 0.3) is 15.6 Å². The summed E-state index contributed by atoms with van der Waals surface area (Å²) in [5, 5.41) is 0.0434. The van der Waals surface area contributed by atoms with Crippen LogP contribution in [0.1, 0.15) is 12.6 Å². The van der Waals surface area contributed by atoms with Gasteiger partial charge in [-0.2, -0.15) is 0 Å². The number of para-hydroxylation sites is 1. The summed E-state index contributed by atoms with van der Waals surface area (Å²) < 4.78 is 27.3. The number of benzene rings is 1. The smallest absolute Gasteiger partial charge is 0.310 e. The molecule has 0 radical (unpaired) electrons. The lowest BCUT2D eigenvalue weighted by atomic mass is 10.3. The van der Waals surface area contributed by atoms with Crippen LogP contribution in [0.4, 0.5) is 5.69 Å². The monoisotopic (exact) mass is 353 g/mol. The average molecular weight is 353 g/mol. The summed E-state index contributed by atoms with van der Waals surface area (Å²) in [5.41, 5.74) is -1.06. The summed E-state index contributed by atoms with van der Waals surface area (Å²) in [7, 11) is -4.08. The average Bonchev–Trinajstić information content (AvgIpc) is 2.44. The van der Waals surface area contributed by atoms with Gasteiger partial charge in [-0.15, -0.1) is 11.8 Å². The highest BCUT2D eigenvalue weighted by Gasteiger charge is 2.35. The number of aryl methyl sites for hydroxylation is 1. The molecule has 9 heteroatoms. The van der Waals surface area contributed by atoms with E-state index in [1.807, 2.05) is 24.0 Å². The first-order valence-corrected chi connectivity index (χ1v) is 9.24. The van der Waals surface area contributed by atoms with E-state index in [0.717, 1.165) is 4.90 Å². The van der Waals surface area contributed by atoms with E-state index in [9.17, 15) is 18.0 Å². The molecule has 2 heterocycles. The minimum atomic E-state index is -4.08. The number of aromatic nitrogens is 2. The van der Waals surface area contributed by atoms with E-state index in [1.54, 1.807) is 23.9 Å². The molecule has 0 aliphatic carbocycles. The van der Waals surface area contributed by atoms with Gasteiger partial charge in [0.05, 0.1) is 5.69 Å². The Hall–Kier alpha value is -2.00. The number of hydrogen-bond donors (Lipinski definition) is 2. The van der Waals surface area contributed by atoms with Crippen LogP contribution in [0.25, 0.3) is 0 Å². The molecular weight excluding hydrogens is 338 g/mol. The Bertz CT molecular complexity index is 978. The van der Waals surface area contributed by atoms with Crippen molar-refractivity contribution in [3.63, 3.8) is 0 Å². The van der Waals surface area contributed by atoms with Crippen molar-refractivity contribution in [1.29, 1.82) is 0 Å². The standard InChI is InChI=1S/C14H15N3O4S2/c1-8-7-17(10-5-3-4-6-11(10)22-8)23(20,21)12-9(2)15-14(19)16-13(12)18/h3-6,8H,7H2,1-2H3,(H2,15,16,18,19). The summed E-state index contributed by atoms with van der Waals surface area (Å²) in [5.74, 6) is 0. The minimum Gasteiger partial charge on any atom is -0.310 e. The van der Waals surface area contributed by atoms with Crippen molar-refractivity contribution in [3.05, 3.63) is 50.8 Å². The maximum Gasteiger partial charge on any atom is 0.325 e. The molecule has 0 spiro atoms. The SMILES string of the molecule is Cc1[nH]c(=O)[nH]c(=O)c1S(=O)(=O)N1CC(C)Sc2ccccc21. The van der Waals surface area contributed by atoms with Crippen molar-refractivity contribution in [2.45, 2.75) is 28.9 Å². The number of fused-ring (bicyclic) bond motifs is 1. The van der Waals surface area contributed by atoms with Crippen LogP contribution in [-0.2, 0) is 10.0 Å². The van der Waals surface area contributed by atoms with Crippen LogP contribution in [0.2, 0.25) is 0 Å². The Morgan fingerprint density at radius 2 is 1.91 bits per heavy atom. The van der Waals surface area contributed by atoms with E-state index >= 15 is 0 Å². The van der Waals surface area contributed by atoms with Crippen LogP contribution in [0.15, 0.2) is 43.6 Å². The van der Waals surface area contributed by atoms with Gasteiger partial charge in [-0.05, 0) is 19.1 Å². The predicted octanol–water partition coefficient (Wildman–Crippen LogP) is 1.06.